The Morgan fingerprint density at radius 1 is 1.10 bits per heavy atom. The first-order valence-corrected chi connectivity index (χ1v) is 11.4. The molecule has 1 aromatic heterocycles. The zero-order valence-corrected chi connectivity index (χ0v) is 18.0. The number of ether oxygens (including phenoxy) is 2. The van der Waals surface area contributed by atoms with Crippen molar-refractivity contribution in [3.63, 3.8) is 0 Å². The number of thiazole rings is 1. The second kappa shape index (κ2) is 8.79. The summed E-state index contributed by atoms with van der Waals surface area (Å²) in [6, 6.07) is 11.9. The first-order valence-electron chi connectivity index (χ1n) is 8.92. The molecule has 0 fully saturated rings. The van der Waals surface area contributed by atoms with Gasteiger partial charge < -0.3 is 14.0 Å². The van der Waals surface area contributed by atoms with Crippen LogP contribution < -0.4 is 14.3 Å². The molecule has 2 aromatic carbocycles. The summed E-state index contributed by atoms with van der Waals surface area (Å²) in [6.07, 6.45) is 0.259. The molecular weight excluding hydrogens is 412 g/mol. The molecule has 7 nitrogen and oxygen atoms in total. The summed E-state index contributed by atoms with van der Waals surface area (Å²) in [5.74, 6) is 0.829. The van der Waals surface area contributed by atoms with E-state index < -0.39 is 9.84 Å². The van der Waals surface area contributed by atoms with Crippen molar-refractivity contribution in [1.29, 1.82) is 0 Å². The number of carbonyl (C=O) groups is 1. The molecule has 154 valence electrons. The molecular formula is C20H22N2O5S2. The summed E-state index contributed by atoms with van der Waals surface area (Å²) in [7, 11) is 1.48. The van der Waals surface area contributed by atoms with E-state index in [1.165, 1.54) is 30.6 Å². The molecule has 1 amide bonds. The molecule has 0 spiro atoms. The van der Waals surface area contributed by atoms with Gasteiger partial charge in [0, 0.05) is 13.5 Å². The standard InChI is InChI=1S/C20H22N2O5S2/c1-22-19-16(27-3)6-4-7-17(19)28-20(22)21-18(23)8-5-13-29(24,25)15-11-9-14(26-2)10-12-15/h4,6-7,9-12H,5,8,13H2,1-3H3. The van der Waals surface area contributed by atoms with Gasteiger partial charge in [-0.2, -0.15) is 4.99 Å². The van der Waals surface area contributed by atoms with Crippen LogP contribution in [0.5, 0.6) is 11.5 Å². The zero-order chi connectivity index (χ0) is 21.0. The van der Waals surface area contributed by atoms with Crippen LogP contribution in [0.25, 0.3) is 10.2 Å². The van der Waals surface area contributed by atoms with E-state index in [4.69, 9.17) is 9.47 Å². The minimum absolute atomic E-state index is 0.0563. The van der Waals surface area contributed by atoms with Crippen molar-refractivity contribution in [3.8, 4) is 11.5 Å². The minimum Gasteiger partial charge on any atom is -0.497 e. The van der Waals surface area contributed by atoms with Gasteiger partial charge in [-0.05, 0) is 42.8 Å². The Labute approximate surface area is 173 Å². The van der Waals surface area contributed by atoms with Crippen molar-refractivity contribution in [2.75, 3.05) is 20.0 Å². The van der Waals surface area contributed by atoms with E-state index in [1.807, 2.05) is 29.8 Å². The number of hydrogen-bond acceptors (Lipinski definition) is 6. The fourth-order valence-corrected chi connectivity index (χ4v) is 5.28. The molecule has 0 saturated heterocycles. The van der Waals surface area contributed by atoms with E-state index in [0.717, 1.165) is 10.2 Å². The Kier molecular flexibility index (Phi) is 6.39. The Balaban J connectivity index is 1.69. The predicted molar refractivity (Wildman–Crippen MR) is 112 cm³/mol. The van der Waals surface area contributed by atoms with Gasteiger partial charge in [0.25, 0.3) is 0 Å². The van der Waals surface area contributed by atoms with Crippen LogP contribution >= 0.6 is 11.3 Å². The number of carbonyl (C=O) groups excluding carboxylic acids is 1. The van der Waals surface area contributed by atoms with Crippen LogP contribution in [-0.4, -0.2) is 38.9 Å². The van der Waals surface area contributed by atoms with E-state index in [2.05, 4.69) is 4.99 Å². The molecule has 0 aliphatic heterocycles. The molecule has 1 heterocycles. The number of para-hydroxylation sites is 1. The highest BCUT2D eigenvalue weighted by atomic mass is 32.2. The van der Waals surface area contributed by atoms with Gasteiger partial charge in [0.05, 0.1) is 29.6 Å². The third-order valence-corrected chi connectivity index (χ3v) is 7.36. The summed E-state index contributed by atoms with van der Waals surface area (Å²) in [5, 5.41) is 0. The van der Waals surface area contributed by atoms with Gasteiger partial charge in [-0.25, -0.2) is 8.42 Å². The molecule has 0 N–H and O–H groups in total. The quantitative estimate of drug-likeness (QED) is 0.571. The molecule has 0 saturated carbocycles. The summed E-state index contributed by atoms with van der Waals surface area (Å²) < 4.78 is 38.0. The number of nitrogens with zero attached hydrogens (tertiary/aromatic N) is 2. The Bertz CT molecular complexity index is 1190. The van der Waals surface area contributed by atoms with E-state index in [1.54, 1.807) is 19.2 Å². The van der Waals surface area contributed by atoms with Crippen LogP contribution in [0.1, 0.15) is 12.8 Å². The van der Waals surface area contributed by atoms with Crippen LogP contribution in [0.4, 0.5) is 0 Å². The van der Waals surface area contributed by atoms with Crippen LogP contribution in [0, 0.1) is 0 Å². The highest BCUT2D eigenvalue weighted by Gasteiger charge is 2.15. The lowest BCUT2D eigenvalue weighted by atomic mass is 10.3. The zero-order valence-electron chi connectivity index (χ0n) is 16.4. The lowest BCUT2D eigenvalue weighted by Crippen LogP contribution is -2.14. The van der Waals surface area contributed by atoms with Crippen molar-refractivity contribution in [3.05, 3.63) is 47.3 Å². The number of amides is 1. The fourth-order valence-electron chi connectivity index (χ4n) is 2.92. The van der Waals surface area contributed by atoms with Crippen LogP contribution in [-0.2, 0) is 21.7 Å². The fraction of sp³-hybridized carbons (Fsp3) is 0.300. The average molecular weight is 435 g/mol. The van der Waals surface area contributed by atoms with Crippen LogP contribution in [0.3, 0.4) is 0 Å². The van der Waals surface area contributed by atoms with E-state index in [-0.39, 0.29) is 29.4 Å². The normalized spacial score (nSPS) is 12.3. The molecule has 9 heteroatoms. The first kappa shape index (κ1) is 21.1. The maximum Gasteiger partial charge on any atom is 0.248 e. The summed E-state index contributed by atoms with van der Waals surface area (Å²) in [6.45, 7) is 0. The SMILES string of the molecule is COc1ccc(S(=O)(=O)CCCC(=O)N=c2sc3cccc(OC)c3n2C)cc1. The average Bonchev–Trinajstić information content (AvgIpc) is 3.03. The molecule has 0 aliphatic carbocycles. The molecule has 0 radical (unpaired) electrons. The van der Waals surface area contributed by atoms with E-state index in [0.29, 0.717) is 16.3 Å². The number of methoxy groups -OCH3 is 2. The molecule has 29 heavy (non-hydrogen) atoms. The number of hydrogen-bond donors (Lipinski definition) is 0. The largest absolute Gasteiger partial charge is 0.497 e. The molecule has 0 unspecified atom stereocenters. The predicted octanol–water partition coefficient (Wildman–Crippen LogP) is 2.94. The second-order valence-electron chi connectivity index (χ2n) is 6.35. The van der Waals surface area contributed by atoms with Gasteiger partial charge in [0.1, 0.15) is 17.0 Å². The monoisotopic (exact) mass is 434 g/mol. The lowest BCUT2D eigenvalue weighted by Gasteiger charge is -2.05. The van der Waals surface area contributed by atoms with Gasteiger partial charge in [-0.15, -0.1) is 0 Å². The van der Waals surface area contributed by atoms with Crippen molar-refractivity contribution in [1.82, 2.24) is 4.57 Å². The second-order valence-corrected chi connectivity index (χ2v) is 9.47. The highest BCUT2D eigenvalue weighted by molar-refractivity contribution is 7.91. The third-order valence-electron chi connectivity index (χ3n) is 4.45. The maximum atomic E-state index is 12.4. The summed E-state index contributed by atoms with van der Waals surface area (Å²) >= 11 is 1.39. The van der Waals surface area contributed by atoms with Crippen molar-refractivity contribution < 1.29 is 22.7 Å². The third kappa shape index (κ3) is 4.68. The Hall–Kier alpha value is -2.65. The highest BCUT2D eigenvalue weighted by Crippen LogP contribution is 2.26. The lowest BCUT2D eigenvalue weighted by molar-refractivity contribution is -0.118. The number of benzene rings is 2. The van der Waals surface area contributed by atoms with Gasteiger partial charge >= 0.3 is 0 Å². The maximum absolute atomic E-state index is 12.4. The number of aryl methyl sites for hydroxylation is 1. The molecule has 3 rings (SSSR count). The Morgan fingerprint density at radius 2 is 1.83 bits per heavy atom. The van der Waals surface area contributed by atoms with Crippen molar-refractivity contribution >= 4 is 37.3 Å². The van der Waals surface area contributed by atoms with E-state index in [9.17, 15) is 13.2 Å². The topological polar surface area (TPSA) is 87.0 Å². The molecule has 0 aliphatic rings. The minimum atomic E-state index is -3.46. The van der Waals surface area contributed by atoms with Crippen molar-refractivity contribution in [2.24, 2.45) is 12.0 Å². The summed E-state index contributed by atoms with van der Waals surface area (Å²) in [5.41, 5.74) is 0.869. The molecule has 0 bridgehead atoms. The number of sulfone groups is 1. The Morgan fingerprint density at radius 3 is 2.48 bits per heavy atom. The number of rotatable bonds is 7. The van der Waals surface area contributed by atoms with Gasteiger partial charge in [0.15, 0.2) is 14.6 Å². The van der Waals surface area contributed by atoms with Crippen LogP contribution in [0.15, 0.2) is 52.4 Å². The van der Waals surface area contributed by atoms with Gasteiger partial charge in [-0.1, -0.05) is 17.4 Å². The number of fused-ring (bicyclic) bond motifs is 1. The van der Waals surface area contributed by atoms with Crippen molar-refractivity contribution in [2.45, 2.75) is 17.7 Å². The molecule has 0 atom stereocenters. The summed E-state index contributed by atoms with van der Waals surface area (Å²) in [4.78, 5) is 17.2. The number of aromatic nitrogens is 1. The molecule has 3 aromatic rings. The first-order chi connectivity index (χ1) is 13.9. The van der Waals surface area contributed by atoms with E-state index >= 15 is 0 Å². The smallest absolute Gasteiger partial charge is 0.248 e. The van der Waals surface area contributed by atoms with Gasteiger partial charge in [0.2, 0.25) is 5.91 Å². The van der Waals surface area contributed by atoms with Crippen LogP contribution in [0.2, 0.25) is 0 Å². The van der Waals surface area contributed by atoms with Gasteiger partial charge in [-0.3, -0.25) is 4.79 Å².